The van der Waals surface area contributed by atoms with E-state index in [9.17, 15) is 9.59 Å². The van der Waals surface area contributed by atoms with E-state index >= 15 is 0 Å². The number of aromatic carboxylic acids is 1. The van der Waals surface area contributed by atoms with Crippen molar-refractivity contribution >= 4 is 17.6 Å². The summed E-state index contributed by atoms with van der Waals surface area (Å²) in [5.41, 5.74) is 0.640. The second-order valence-corrected chi connectivity index (χ2v) is 3.58. The molecule has 0 spiro atoms. The lowest BCUT2D eigenvalue weighted by Crippen LogP contribution is -2.26. The van der Waals surface area contributed by atoms with E-state index in [1.807, 2.05) is 6.07 Å². The van der Waals surface area contributed by atoms with Crippen LogP contribution in [0.25, 0.3) is 0 Å². The van der Waals surface area contributed by atoms with Crippen molar-refractivity contribution in [2.24, 2.45) is 0 Å². The molecule has 1 aromatic carbocycles. The molecular formula is C12H10N2O4. The van der Waals surface area contributed by atoms with E-state index in [0.717, 1.165) is 6.07 Å². The lowest BCUT2D eigenvalue weighted by atomic mass is 10.2. The topological polar surface area (TPSA) is 83.6 Å². The van der Waals surface area contributed by atoms with E-state index in [2.05, 4.69) is 9.68 Å². The van der Waals surface area contributed by atoms with Gasteiger partial charge < -0.3 is 14.5 Å². The smallest absolute Gasteiger partial charge is 0.374 e. The van der Waals surface area contributed by atoms with Crippen molar-refractivity contribution in [1.29, 1.82) is 0 Å². The number of benzene rings is 1. The Hall–Kier alpha value is -2.63. The molecule has 1 amide bonds. The van der Waals surface area contributed by atoms with Gasteiger partial charge in [-0.1, -0.05) is 23.4 Å². The van der Waals surface area contributed by atoms with Gasteiger partial charge >= 0.3 is 5.97 Å². The van der Waals surface area contributed by atoms with Gasteiger partial charge in [0.2, 0.25) is 5.76 Å². The molecule has 0 aliphatic heterocycles. The second kappa shape index (κ2) is 4.70. The van der Waals surface area contributed by atoms with Gasteiger partial charge in [-0.05, 0) is 12.1 Å². The van der Waals surface area contributed by atoms with Crippen LogP contribution in [-0.2, 0) is 0 Å². The van der Waals surface area contributed by atoms with Crippen LogP contribution in [0.15, 0.2) is 40.9 Å². The molecule has 0 saturated carbocycles. The quantitative estimate of drug-likeness (QED) is 0.890. The molecule has 6 nitrogen and oxygen atoms in total. The maximum Gasteiger partial charge on any atom is 0.374 e. The Morgan fingerprint density at radius 2 is 1.94 bits per heavy atom. The van der Waals surface area contributed by atoms with Crippen molar-refractivity contribution < 1.29 is 19.2 Å². The first-order chi connectivity index (χ1) is 8.59. The standard InChI is InChI=1S/C12H10N2O4/c1-14(8-5-3-2-4-6-8)11(15)9-7-10(12(16)17)18-13-9/h2-7H,1H3,(H,16,17). The predicted molar refractivity (Wildman–Crippen MR) is 62.6 cm³/mol. The van der Waals surface area contributed by atoms with Crippen molar-refractivity contribution in [3.05, 3.63) is 47.9 Å². The summed E-state index contributed by atoms with van der Waals surface area (Å²) in [5, 5.41) is 12.1. The Labute approximate surface area is 102 Å². The van der Waals surface area contributed by atoms with Crippen LogP contribution < -0.4 is 4.90 Å². The van der Waals surface area contributed by atoms with Crippen LogP contribution in [0.4, 0.5) is 5.69 Å². The Morgan fingerprint density at radius 3 is 2.50 bits per heavy atom. The zero-order chi connectivity index (χ0) is 13.1. The van der Waals surface area contributed by atoms with E-state index < -0.39 is 11.9 Å². The summed E-state index contributed by atoms with van der Waals surface area (Å²) in [4.78, 5) is 24.0. The SMILES string of the molecule is CN(C(=O)c1cc(C(=O)O)on1)c1ccccc1. The highest BCUT2D eigenvalue weighted by Gasteiger charge is 2.20. The highest BCUT2D eigenvalue weighted by molar-refractivity contribution is 6.05. The van der Waals surface area contributed by atoms with Gasteiger partial charge in [-0.25, -0.2) is 4.79 Å². The predicted octanol–water partition coefficient (Wildman–Crippen LogP) is 1.65. The summed E-state index contributed by atoms with van der Waals surface area (Å²) in [6.07, 6.45) is 0. The van der Waals surface area contributed by atoms with E-state index in [1.54, 1.807) is 31.3 Å². The molecule has 18 heavy (non-hydrogen) atoms. The molecule has 0 bridgehead atoms. The monoisotopic (exact) mass is 246 g/mol. The summed E-state index contributed by atoms with van der Waals surface area (Å²) >= 11 is 0. The number of rotatable bonds is 3. The molecule has 6 heteroatoms. The van der Waals surface area contributed by atoms with Gasteiger partial charge in [0, 0.05) is 18.8 Å². The highest BCUT2D eigenvalue weighted by Crippen LogP contribution is 2.14. The average molecular weight is 246 g/mol. The molecule has 2 aromatic rings. The van der Waals surface area contributed by atoms with E-state index in [-0.39, 0.29) is 11.5 Å². The van der Waals surface area contributed by atoms with E-state index in [1.165, 1.54) is 4.90 Å². The van der Waals surface area contributed by atoms with Gasteiger partial charge in [0.15, 0.2) is 5.69 Å². The molecule has 1 aromatic heterocycles. The summed E-state index contributed by atoms with van der Waals surface area (Å²) in [5.74, 6) is -2.05. The lowest BCUT2D eigenvalue weighted by molar-refractivity contribution is 0.0651. The number of hydrogen-bond donors (Lipinski definition) is 1. The minimum absolute atomic E-state index is 0.0428. The zero-order valence-corrected chi connectivity index (χ0v) is 9.53. The summed E-state index contributed by atoms with van der Waals surface area (Å²) < 4.78 is 4.54. The molecule has 0 aliphatic carbocycles. The van der Waals surface area contributed by atoms with Crippen LogP contribution in [0.5, 0.6) is 0 Å². The second-order valence-electron chi connectivity index (χ2n) is 3.58. The molecule has 92 valence electrons. The molecule has 0 atom stereocenters. The van der Waals surface area contributed by atoms with Crippen molar-refractivity contribution in [2.75, 3.05) is 11.9 Å². The van der Waals surface area contributed by atoms with E-state index in [0.29, 0.717) is 5.69 Å². The third kappa shape index (κ3) is 2.22. The van der Waals surface area contributed by atoms with Crippen molar-refractivity contribution in [3.8, 4) is 0 Å². The van der Waals surface area contributed by atoms with Gasteiger partial charge in [0.05, 0.1) is 0 Å². The molecule has 1 N–H and O–H groups in total. The van der Waals surface area contributed by atoms with Crippen LogP contribution in [0.1, 0.15) is 21.0 Å². The third-order valence-electron chi connectivity index (χ3n) is 2.39. The van der Waals surface area contributed by atoms with Crippen LogP contribution in [0.3, 0.4) is 0 Å². The number of carbonyl (C=O) groups is 2. The number of aromatic nitrogens is 1. The minimum Gasteiger partial charge on any atom is -0.475 e. The normalized spacial score (nSPS) is 10.1. The molecule has 0 unspecified atom stereocenters. The first-order valence-electron chi connectivity index (χ1n) is 5.12. The average Bonchev–Trinajstić information content (AvgIpc) is 2.88. The zero-order valence-electron chi connectivity index (χ0n) is 9.53. The van der Waals surface area contributed by atoms with E-state index in [4.69, 9.17) is 5.11 Å². The van der Waals surface area contributed by atoms with Crippen LogP contribution in [0, 0.1) is 0 Å². The number of carboxylic acid groups (broad SMARTS) is 1. The number of hydrogen-bond acceptors (Lipinski definition) is 4. The number of carboxylic acids is 1. The first kappa shape index (κ1) is 11.8. The fraction of sp³-hybridized carbons (Fsp3) is 0.0833. The number of para-hydroxylation sites is 1. The van der Waals surface area contributed by atoms with Crippen molar-refractivity contribution in [2.45, 2.75) is 0 Å². The van der Waals surface area contributed by atoms with Gasteiger partial charge in [-0.3, -0.25) is 4.79 Å². The number of anilines is 1. The van der Waals surface area contributed by atoms with Gasteiger partial charge in [-0.15, -0.1) is 0 Å². The number of nitrogens with zero attached hydrogens (tertiary/aromatic N) is 2. The van der Waals surface area contributed by atoms with Crippen LogP contribution in [-0.4, -0.2) is 29.2 Å². The molecule has 2 rings (SSSR count). The fourth-order valence-electron chi connectivity index (χ4n) is 1.42. The Bertz CT molecular complexity index is 577. The van der Waals surface area contributed by atoms with Gasteiger partial charge in [0.1, 0.15) is 0 Å². The minimum atomic E-state index is -1.26. The Morgan fingerprint density at radius 1 is 1.28 bits per heavy atom. The maximum absolute atomic E-state index is 12.0. The fourth-order valence-corrected chi connectivity index (χ4v) is 1.42. The molecular weight excluding hydrogens is 236 g/mol. The lowest BCUT2D eigenvalue weighted by Gasteiger charge is -2.15. The summed E-state index contributed by atoms with van der Waals surface area (Å²) in [6, 6.07) is 10.0. The van der Waals surface area contributed by atoms with Crippen LogP contribution >= 0.6 is 0 Å². The molecule has 0 aliphatic rings. The highest BCUT2D eigenvalue weighted by atomic mass is 16.5. The number of carbonyl (C=O) groups excluding carboxylic acids is 1. The van der Waals surface area contributed by atoms with Crippen molar-refractivity contribution in [1.82, 2.24) is 5.16 Å². The summed E-state index contributed by atoms with van der Waals surface area (Å²) in [7, 11) is 1.58. The van der Waals surface area contributed by atoms with Crippen molar-refractivity contribution in [3.63, 3.8) is 0 Å². The molecule has 0 fully saturated rings. The third-order valence-corrected chi connectivity index (χ3v) is 2.39. The molecule has 1 heterocycles. The molecule has 0 radical (unpaired) electrons. The van der Waals surface area contributed by atoms with Gasteiger partial charge in [0.25, 0.3) is 5.91 Å². The maximum atomic E-state index is 12.0. The molecule has 0 saturated heterocycles. The van der Waals surface area contributed by atoms with Gasteiger partial charge in [-0.2, -0.15) is 0 Å². The number of amides is 1. The largest absolute Gasteiger partial charge is 0.475 e. The first-order valence-corrected chi connectivity index (χ1v) is 5.12. The summed E-state index contributed by atoms with van der Waals surface area (Å²) in [6.45, 7) is 0. The van der Waals surface area contributed by atoms with Crippen LogP contribution in [0.2, 0.25) is 0 Å². The Balaban J connectivity index is 2.23. The Kier molecular flexibility index (Phi) is 3.09.